The zero-order chi connectivity index (χ0) is 18.9. The van der Waals surface area contributed by atoms with Gasteiger partial charge in [-0.15, -0.1) is 0 Å². The van der Waals surface area contributed by atoms with Gasteiger partial charge in [-0.05, 0) is 17.5 Å². The highest BCUT2D eigenvalue weighted by molar-refractivity contribution is 5.89. The fourth-order valence-electron chi connectivity index (χ4n) is 2.46. The quantitative estimate of drug-likeness (QED) is 0.636. The number of amides is 2. The number of rotatable bonds is 8. The van der Waals surface area contributed by atoms with Crippen molar-refractivity contribution in [2.45, 2.75) is 19.4 Å². The van der Waals surface area contributed by atoms with Crippen LogP contribution < -0.4 is 10.6 Å². The number of carbonyl (C=O) groups excluding carboxylic acids is 2. The fraction of sp³-hybridized carbons (Fsp3) is 0.200. The van der Waals surface area contributed by atoms with E-state index in [1.807, 2.05) is 60.7 Å². The first-order chi connectivity index (χ1) is 13.2. The van der Waals surface area contributed by atoms with E-state index in [2.05, 4.69) is 20.8 Å². The summed E-state index contributed by atoms with van der Waals surface area (Å²) >= 11 is 0. The molecule has 0 radical (unpaired) electrons. The van der Waals surface area contributed by atoms with Gasteiger partial charge >= 0.3 is 11.8 Å². The van der Waals surface area contributed by atoms with E-state index in [1.54, 1.807) is 0 Å². The molecule has 0 saturated carbocycles. The van der Waals surface area contributed by atoms with Gasteiger partial charge in [-0.25, -0.2) is 0 Å². The van der Waals surface area contributed by atoms with Crippen LogP contribution in [-0.2, 0) is 24.2 Å². The molecule has 0 unspecified atom stereocenters. The van der Waals surface area contributed by atoms with Crippen LogP contribution >= 0.6 is 0 Å². The number of hydrogen-bond donors (Lipinski definition) is 2. The van der Waals surface area contributed by atoms with Crippen molar-refractivity contribution >= 4 is 11.8 Å². The molecule has 0 aliphatic carbocycles. The second-order valence-corrected chi connectivity index (χ2v) is 5.95. The van der Waals surface area contributed by atoms with Gasteiger partial charge in [0.05, 0.1) is 6.42 Å². The lowest BCUT2D eigenvalue weighted by Crippen LogP contribution is -2.26. The van der Waals surface area contributed by atoms with E-state index in [1.165, 1.54) is 0 Å². The Morgan fingerprint density at radius 1 is 0.889 bits per heavy atom. The molecule has 3 aromatic rings. The minimum absolute atomic E-state index is 0.0480. The molecule has 7 heteroatoms. The smallest absolute Gasteiger partial charge is 0.315 e. The van der Waals surface area contributed by atoms with E-state index in [-0.39, 0.29) is 24.0 Å². The maximum Gasteiger partial charge on any atom is 0.315 e. The maximum absolute atomic E-state index is 12.0. The SMILES string of the molecule is O=C(Cc1noc(C(=O)NCCc2ccccc2)n1)NCc1ccccc1. The predicted molar refractivity (Wildman–Crippen MR) is 98.8 cm³/mol. The Kier molecular flexibility index (Phi) is 6.30. The first-order valence-electron chi connectivity index (χ1n) is 8.66. The lowest BCUT2D eigenvalue weighted by atomic mass is 10.1. The molecule has 7 nitrogen and oxygen atoms in total. The molecule has 0 saturated heterocycles. The highest BCUT2D eigenvalue weighted by Gasteiger charge is 2.16. The molecule has 0 fully saturated rings. The lowest BCUT2D eigenvalue weighted by Gasteiger charge is -2.03. The van der Waals surface area contributed by atoms with Crippen LogP contribution in [0.15, 0.2) is 65.2 Å². The number of aromatic nitrogens is 2. The zero-order valence-electron chi connectivity index (χ0n) is 14.7. The van der Waals surface area contributed by atoms with Gasteiger partial charge in [-0.3, -0.25) is 9.59 Å². The molecule has 1 aromatic heterocycles. The summed E-state index contributed by atoms with van der Waals surface area (Å²) in [6.07, 6.45) is 0.656. The summed E-state index contributed by atoms with van der Waals surface area (Å²) in [6.45, 7) is 0.877. The van der Waals surface area contributed by atoms with Gasteiger partial charge in [0.25, 0.3) is 0 Å². The zero-order valence-corrected chi connectivity index (χ0v) is 14.7. The number of nitrogens with one attached hydrogen (secondary N) is 2. The molecule has 3 rings (SSSR count). The minimum Gasteiger partial charge on any atom is -0.352 e. The Hall–Kier alpha value is -3.48. The molecule has 2 N–H and O–H groups in total. The van der Waals surface area contributed by atoms with Gasteiger partial charge in [0, 0.05) is 13.1 Å². The molecule has 0 atom stereocenters. The molecule has 2 aromatic carbocycles. The molecule has 0 bridgehead atoms. The summed E-state index contributed by atoms with van der Waals surface area (Å²) in [5.74, 6) is -0.659. The van der Waals surface area contributed by atoms with Crippen LogP contribution in [-0.4, -0.2) is 28.5 Å². The molecular weight excluding hydrogens is 344 g/mol. The van der Waals surface area contributed by atoms with Crippen LogP contribution in [0.4, 0.5) is 0 Å². The molecule has 27 heavy (non-hydrogen) atoms. The van der Waals surface area contributed by atoms with Crippen molar-refractivity contribution in [3.63, 3.8) is 0 Å². The number of hydrogen-bond acceptors (Lipinski definition) is 5. The van der Waals surface area contributed by atoms with Crippen molar-refractivity contribution in [1.82, 2.24) is 20.8 Å². The predicted octanol–water partition coefficient (Wildman–Crippen LogP) is 1.90. The molecule has 2 amide bonds. The highest BCUT2D eigenvalue weighted by atomic mass is 16.5. The normalized spacial score (nSPS) is 10.4. The topological polar surface area (TPSA) is 97.1 Å². The van der Waals surface area contributed by atoms with Crippen molar-refractivity contribution in [2.75, 3.05) is 6.54 Å². The van der Waals surface area contributed by atoms with Crippen molar-refractivity contribution in [3.05, 3.63) is 83.5 Å². The van der Waals surface area contributed by atoms with Crippen molar-refractivity contribution in [1.29, 1.82) is 0 Å². The monoisotopic (exact) mass is 364 g/mol. The minimum atomic E-state index is -0.450. The van der Waals surface area contributed by atoms with Crippen molar-refractivity contribution < 1.29 is 14.1 Å². The van der Waals surface area contributed by atoms with Crippen LogP contribution in [0.3, 0.4) is 0 Å². The molecule has 0 aliphatic rings. The van der Waals surface area contributed by atoms with Gasteiger partial charge in [0.1, 0.15) is 0 Å². The van der Waals surface area contributed by atoms with Gasteiger partial charge in [0.2, 0.25) is 5.91 Å². The van der Waals surface area contributed by atoms with E-state index in [0.29, 0.717) is 19.5 Å². The number of carbonyl (C=O) groups is 2. The molecule has 0 aliphatic heterocycles. The summed E-state index contributed by atoms with van der Waals surface area (Å²) in [5.41, 5.74) is 2.12. The average molecular weight is 364 g/mol. The Labute approximate surface area is 156 Å². The molecule has 138 valence electrons. The molecule has 1 heterocycles. The van der Waals surface area contributed by atoms with Crippen LogP contribution in [0.25, 0.3) is 0 Å². The van der Waals surface area contributed by atoms with Gasteiger partial charge in [-0.1, -0.05) is 65.8 Å². The third kappa shape index (κ3) is 5.78. The maximum atomic E-state index is 12.0. The van der Waals surface area contributed by atoms with Gasteiger partial charge in [-0.2, -0.15) is 4.98 Å². The Morgan fingerprint density at radius 3 is 2.26 bits per heavy atom. The van der Waals surface area contributed by atoms with E-state index >= 15 is 0 Å². The number of nitrogens with zero attached hydrogens (tertiary/aromatic N) is 2. The van der Waals surface area contributed by atoms with Crippen LogP contribution in [0.2, 0.25) is 0 Å². The standard InChI is InChI=1S/C20H20N4O3/c25-18(22-14-16-9-5-2-6-10-16)13-17-23-20(27-24-17)19(26)21-12-11-15-7-3-1-4-8-15/h1-10H,11-14H2,(H,21,26)(H,22,25). The first-order valence-corrected chi connectivity index (χ1v) is 8.66. The van der Waals surface area contributed by atoms with Gasteiger partial charge < -0.3 is 15.2 Å². The summed E-state index contributed by atoms with van der Waals surface area (Å²) in [7, 11) is 0. The Balaban J connectivity index is 1.43. The van der Waals surface area contributed by atoms with Crippen molar-refractivity contribution in [2.24, 2.45) is 0 Å². The first kappa shape index (κ1) is 18.3. The molecule has 0 spiro atoms. The van der Waals surface area contributed by atoms with E-state index < -0.39 is 5.91 Å². The third-order valence-electron chi connectivity index (χ3n) is 3.86. The second kappa shape index (κ2) is 9.28. The van der Waals surface area contributed by atoms with Crippen molar-refractivity contribution in [3.8, 4) is 0 Å². The van der Waals surface area contributed by atoms with Gasteiger partial charge in [0.15, 0.2) is 5.82 Å². The van der Waals surface area contributed by atoms with E-state index in [4.69, 9.17) is 4.52 Å². The van der Waals surface area contributed by atoms with Crippen LogP contribution in [0.1, 0.15) is 27.6 Å². The summed E-state index contributed by atoms with van der Waals surface area (Å²) in [6, 6.07) is 19.4. The Bertz CT molecular complexity index is 879. The highest BCUT2D eigenvalue weighted by Crippen LogP contribution is 2.02. The average Bonchev–Trinajstić information content (AvgIpc) is 3.16. The summed E-state index contributed by atoms with van der Waals surface area (Å²) in [5, 5.41) is 9.19. The number of benzene rings is 2. The molecular formula is C20H20N4O3. The lowest BCUT2D eigenvalue weighted by molar-refractivity contribution is -0.120. The van der Waals surface area contributed by atoms with Crippen LogP contribution in [0, 0.1) is 0 Å². The van der Waals surface area contributed by atoms with E-state index in [0.717, 1.165) is 11.1 Å². The summed E-state index contributed by atoms with van der Waals surface area (Å²) in [4.78, 5) is 28.0. The van der Waals surface area contributed by atoms with Crippen LogP contribution in [0.5, 0.6) is 0 Å². The third-order valence-corrected chi connectivity index (χ3v) is 3.86. The van der Waals surface area contributed by atoms with E-state index in [9.17, 15) is 9.59 Å². The second-order valence-electron chi connectivity index (χ2n) is 5.95. The Morgan fingerprint density at radius 2 is 1.56 bits per heavy atom. The summed E-state index contributed by atoms with van der Waals surface area (Å²) < 4.78 is 4.94. The largest absolute Gasteiger partial charge is 0.352 e. The fourth-order valence-corrected chi connectivity index (χ4v) is 2.46.